The van der Waals surface area contributed by atoms with Crippen molar-refractivity contribution in [1.82, 2.24) is 4.90 Å². The van der Waals surface area contributed by atoms with Crippen LogP contribution in [-0.2, 0) is 22.4 Å². The Bertz CT molecular complexity index is 459. The molecule has 1 aliphatic rings. The van der Waals surface area contributed by atoms with Gasteiger partial charge in [0.15, 0.2) is 0 Å². The van der Waals surface area contributed by atoms with Crippen molar-refractivity contribution >= 4 is 5.91 Å². The number of ether oxygens (including phenoxy) is 2. The molecule has 0 bridgehead atoms. The van der Waals surface area contributed by atoms with Gasteiger partial charge in [-0.3, -0.25) is 4.79 Å². The lowest BCUT2D eigenvalue weighted by Gasteiger charge is -2.05. The fourth-order valence-corrected chi connectivity index (χ4v) is 2.45. The molecule has 1 amide bonds. The number of methoxy groups -OCH3 is 1. The van der Waals surface area contributed by atoms with Crippen molar-refractivity contribution in [2.45, 2.75) is 25.8 Å². The van der Waals surface area contributed by atoms with Crippen LogP contribution in [0, 0.1) is 0 Å². The highest BCUT2D eigenvalue weighted by Crippen LogP contribution is 2.23. The summed E-state index contributed by atoms with van der Waals surface area (Å²) in [5.74, 6) is 0.137. The van der Waals surface area contributed by atoms with Crippen LogP contribution in [0.2, 0.25) is 0 Å². The predicted molar refractivity (Wildman–Crippen MR) is 77.9 cm³/mol. The van der Waals surface area contributed by atoms with E-state index in [2.05, 4.69) is 12.1 Å². The van der Waals surface area contributed by atoms with Crippen molar-refractivity contribution in [3.05, 3.63) is 34.9 Å². The van der Waals surface area contributed by atoms with Gasteiger partial charge in [0.2, 0.25) is 0 Å². The van der Waals surface area contributed by atoms with Crippen LogP contribution in [0.15, 0.2) is 18.2 Å². The quantitative estimate of drug-likeness (QED) is 0.684. The highest BCUT2D eigenvalue weighted by molar-refractivity contribution is 5.98. The molecule has 1 heterocycles. The molecule has 0 N–H and O–H groups in total. The lowest BCUT2D eigenvalue weighted by Crippen LogP contribution is -2.17. The second-order valence-corrected chi connectivity index (χ2v) is 5.21. The third kappa shape index (κ3) is 3.81. The van der Waals surface area contributed by atoms with Crippen molar-refractivity contribution in [3.8, 4) is 0 Å². The van der Waals surface area contributed by atoms with E-state index in [1.54, 1.807) is 12.0 Å². The second kappa shape index (κ2) is 7.41. The maximum Gasteiger partial charge on any atom is 0.254 e. The molecule has 0 fully saturated rings. The number of nitrogens with zero attached hydrogens (tertiary/aromatic N) is 1. The molecule has 4 heteroatoms. The molecule has 2 rings (SSSR count). The number of amides is 1. The molecule has 0 aromatic heterocycles. The summed E-state index contributed by atoms with van der Waals surface area (Å²) >= 11 is 0. The van der Waals surface area contributed by atoms with Gasteiger partial charge in [-0.1, -0.05) is 12.1 Å². The average molecular weight is 277 g/mol. The first-order valence-corrected chi connectivity index (χ1v) is 7.16. The van der Waals surface area contributed by atoms with Crippen LogP contribution in [0.4, 0.5) is 0 Å². The Balaban J connectivity index is 1.73. The first kappa shape index (κ1) is 15.0. The van der Waals surface area contributed by atoms with Gasteiger partial charge in [0.1, 0.15) is 0 Å². The van der Waals surface area contributed by atoms with Gasteiger partial charge < -0.3 is 14.4 Å². The Labute approximate surface area is 120 Å². The van der Waals surface area contributed by atoms with Crippen LogP contribution < -0.4 is 0 Å². The molecule has 1 aromatic rings. The number of hydrogen-bond donors (Lipinski definition) is 0. The standard InChI is InChI=1S/C16H23NO3/c1-17-12-14-11-13(6-7-15(14)16(17)18)5-3-4-8-20-10-9-19-2/h6-7,11H,3-5,8-10,12H2,1-2H3. The topological polar surface area (TPSA) is 38.8 Å². The molecule has 4 nitrogen and oxygen atoms in total. The van der Waals surface area contributed by atoms with Gasteiger partial charge in [0, 0.05) is 32.9 Å². The molecule has 0 unspecified atom stereocenters. The Morgan fingerprint density at radius 1 is 1.20 bits per heavy atom. The molecular weight excluding hydrogens is 254 g/mol. The minimum Gasteiger partial charge on any atom is -0.382 e. The van der Waals surface area contributed by atoms with E-state index in [-0.39, 0.29) is 5.91 Å². The minimum atomic E-state index is 0.137. The normalized spacial score (nSPS) is 13.9. The first-order valence-electron chi connectivity index (χ1n) is 7.16. The summed E-state index contributed by atoms with van der Waals surface area (Å²) < 4.78 is 10.4. The summed E-state index contributed by atoms with van der Waals surface area (Å²) in [7, 11) is 3.53. The molecule has 0 saturated heterocycles. The number of fused-ring (bicyclic) bond motifs is 1. The molecular formula is C16H23NO3. The summed E-state index contributed by atoms with van der Waals surface area (Å²) in [4.78, 5) is 13.6. The molecule has 1 aliphatic heterocycles. The first-order chi connectivity index (χ1) is 9.72. The highest BCUT2D eigenvalue weighted by atomic mass is 16.5. The Hall–Kier alpha value is -1.39. The Morgan fingerprint density at radius 2 is 2.05 bits per heavy atom. The van der Waals surface area contributed by atoms with E-state index in [0.29, 0.717) is 13.2 Å². The molecule has 110 valence electrons. The van der Waals surface area contributed by atoms with E-state index in [4.69, 9.17) is 9.47 Å². The number of benzene rings is 1. The van der Waals surface area contributed by atoms with Crippen LogP contribution in [0.25, 0.3) is 0 Å². The van der Waals surface area contributed by atoms with Crippen molar-refractivity contribution < 1.29 is 14.3 Å². The molecule has 0 spiro atoms. The number of unbranched alkanes of at least 4 members (excludes halogenated alkanes) is 1. The summed E-state index contributed by atoms with van der Waals surface area (Å²) in [6, 6.07) is 6.20. The number of carbonyl (C=O) groups excluding carboxylic acids is 1. The van der Waals surface area contributed by atoms with Crippen molar-refractivity contribution in [3.63, 3.8) is 0 Å². The smallest absolute Gasteiger partial charge is 0.254 e. The van der Waals surface area contributed by atoms with Gasteiger partial charge in [-0.25, -0.2) is 0 Å². The summed E-state index contributed by atoms with van der Waals surface area (Å²) in [6.45, 7) is 2.85. The predicted octanol–water partition coefficient (Wildman–Crippen LogP) is 2.26. The van der Waals surface area contributed by atoms with Crippen molar-refractivity contribution in [1.29, 1.82) is 0 Å². The van der Waals surface area contributed by atoms with E-state index in [0.717, 1.165) is 43.5 Å². The monoisotopic (exact) mass is 277 g/mol. The Morgan fingerprint density at radius 3 is 2.85 bits per heavy atom. The van der Waals surface area contributed by atoms with Gasteiger partial charge in [-0.15, -0.1) is 0 Å². The molecule has 0 saturated carbocycles. The van der Waals surface area contributed by atoms with Gasteiger partial charge in [-0.05, 0) is 36.5 Å². The van der Waals surface area contributed by atoms with E-state index >= 15 is 0 Å². The van der Waals surface area contributed by atoms with Gasteiger partial charge >= 0.3 is 0 Å². The van der Waals surface area contributed by atoms with Gasteiger partial charge in [-0.2, -0.15) is 0 Å². The highest BCUT2D eigenvalue weighted by Gasteiger charge is 2.23. The number of aryl methyl sites for hydroxylation is 1. The molecule has 1 aromatic carbocycles. The van der Waals surface area contributed by atoms with E-state index in [9.17, 15) is 4.79 Å². The molecule has 0 radical (unpaired) electrons. The van der Waals surface area contributed by atoms with Crippen LogP contribution >= 0.6 is 0 Å². The van der Waals surface area contributed by atoms with Crippen LogP contribution in [0.1, 0.15) is 34.3 Å². The average Bonchev–Trinajstić information content (AvgIpc) is 2.73. The Kier molecular flexibility index (Phi) is 5.56. The number of rotatable bonds is 8. The third-order valence-corrected chi connectivity index (χ3v) is 3.59. The number of hydrogen-bond acceptors (Lipinski definition) is 3. The molecule has 0 aliphatic carbocycles. The molecule has 20 heavy (non-hydrogen) atoms. The summed E-state index contributed by atoms with van der Waals surface area (Å²) in [5.41, 5.74) is 3.33. The third-order valence-electron chi connectivity index (χ3n) is 3.59. The molecule has 0 atom stereocenters. The zero-order chi connectivity index (χ0) is 14.4. The van der Waals surface area contributed by atoms with E-state index in [1.807, 2.05) is 13.1 Å². The van der Waals surface area contributed by atoms with Crippen molar-refractivity contribution in [2.24, 2.45) is 0 Å². The van der Waals surface area contributed by atoms with Crippen molar-refractivity contribution in [2.75, 3.05) is 34.0 Å². The zero-order valence-electron chi connectivity index (χ0n) is 12.4. The second-order valence-electron chi connectivity index (χ2n) is 5.21. The van der Waals surface area contributed by atoms with E-state index in [1.165, 1.54) is 5.56 Å². The summed E-state index contributed by atoms with van der Waals surface area (Å²) in [5, 5.41) is 0. The van der Waals surface area contributed by atoms with Crippen LogP contribution in [0.3, 0.4) is 0 Å². The fraction of sp³-hybridized carbons (Fsp3) is 0.562. The van der Waals surface area contributed by atoms with E-state index < -0.39 is 0 Å². The fourth-order valence-electron chi connectivity index (χ4n) is 2.45. The zero-order valence-corrected chi connectivity index (χ0v) is 12.4. The number of carbonyl (C=O) groups is 1. The van der Waals surface area contributed by atoms with Gasteiger partial charge in [0.25, 0.3) is 5.91 Å². The summed E-state index contributed by atoms with van der Waals surface area (Å²) in [6.07, 6.45) is 3.20. The largest absolute Gasteiger partial charge is 0.382 e. The lowest BCUT2D eigenvalue weighted by molar-refractivity contribution is 0.0688. The van der Waals surface area contributed by atoms with Crippen LogP contribution in [0.5, 0.6) is 0 Å². The minimum absolute atomic E-state index is 0.137. The lowest BCUT2D eigenvalue weighted by atomic mass is 10.0. The maximum atomic E-state index is 11.8. The van der Waals surface area contributed by atoms with Crippen LogP contribution in [-0.4, -0.2) is 44.8 Å². The maximum absolute atomic E-state index is 11.8. The van der Waals surface area contributed by atoms with Gasteiger partial charge in [0.05, 0.1) is 13.2 Å². The SMILES string of the molecule is COCCOCCCCc1ccc2c(c1)CN(C)C2=O.